The van der Waals surface area contributed by atoms with E-state index >= 15 is 0 Å². The van der Waals surface area contributed by atoms with E-state index in [9.17, 15) is 13.2 Å². The van der Waals surface area contributed by atoms with Gasteiger partial charge in [0.15, 0.2) is 0 Å². The number of para-hydroxylation sites is 1. The predicted molar refractivity (Wildman–Crippen MR) is 112 cm³/mol. The molecule has 0 atom stereocenters. The van der Waals surface area contributed by atoms with E-state index < -0.39 is 10.0 Å². The Labute approximate surface area is 166 Å². The zero-order chi connectivity index (χ0) is 19.6. The first-order chi connectivity index (χ1) is 13.5. The SMILES string of the molecule is O=c1[nH]c2ccc(S(=O)(=O)Nc3ccccc3SCc3ccccc3)cc2[nH]1. The van der Waals surface area contributed by atoms with Gasteiger partial charge in [-0.2, -0.15) is 0 Å². The van der Waals surface area contributed by atoms with Crippen molar-refractivity contribution in [3.63, 3.8) is 0 Å². The molecular weight excluding hydrogens is 394 g/mol. The fraction of sp³-hybridized carbons (Fsp3) is 0.0500. The van der Waals surface area contributed by atoms with E-state index in [1.165, 1.54) is 12.1 Å². The molecule has 0 aliphatic carbocycles. The number of H-pyrrole nitrogens is 2. The number of thioether (sulfide) groups is 1. The van der Waals surface area contributed by atoms with Gasteiger partial charge >= 0.3 is 5.69 Å². The van der Waals surface area contributed by atoms with Gasteiger partial charge in [-0.15, -0.1) is 11.8 Å². The van der Waals surface area contributed by atoms with Crippen LogP contribution >= 0.6 is 11.8 Å². The molecule has 3 aromatic carbocycles. The second kappa shape index (κ2) is 7.57. The van der Waals surface area contributed by atoms with E-state index in [2.05, 4.69) is 14.7 Å². The maximum absolute atomic E-state index is 12.9. The summed E-state index contributed by atoms with van der Waals surface area (Å²) >= 11 is 1.56. The number of hydrogen-bond donors (Lipinski definition) is 3. The Morgan fingerprint density at radius 1 is 0.857 bits per heavy atom. The number of fused-ring (bicyclic) bond motifs is 1. The van der Waals surface area contributed by atoms with Crippen LogP contribution in [0.1, 0.15) is 5.56 Å². The zero-order valence-corrected chi connectivity index (χ0v) is 16.3. The lowest BCUT2D eigenvalue weighted by atomic mass is 10.2. The van der Waals surface area contributed by atoms with Crippen molar-refractivity contribution >= 4 is 38.5 Å². The van der Waals surface area contributed by atoms with Gasteiger partial charge in [-0.05, 0) is 35.9 Å². The van der Waals surface area contributed by atoms with Crippen LogP contribution in [0.25, 0.3) is 11.0 Å². The van der Waals surface area contributed by atoms with Crippen LogP contribution in [0.4, 0.5) is 5.69 Å². The lowest BCUT2D eigenvalue weighted by molar-refractivity contribution is 0.601. The Hall–Kier alpha value is -2.97. The molecule has 0 aliphatic heterocycles. The summed E-state index contributed by atoms with van der Waals surface area (Å²) in [6, 6.07) is 21.8. The van der Waals surface area contributed by atoms with E-state index in [0.29, 0.717) is 16.7 Å². The minimum atomic E-state index is -3.80. The molecule has 0 amide bonds. The van der Waals surface area contributed by atoms with Crippen molar-refractivity contribution in [2.45, 2.75) is 15.5 Å². The minimum Gasteiger partial charge on any atom is -0.306 e. The van der Waals surface area contributed by atoms with Crippen molar-refractivity contribution < 1.29 is 8.42 Å². The largest absolute Gasteiger partial charge is 0.323 e. The summed E-state index contributed by atoms with van der Waals surface area (Å²) in [5.74, 6) is 0.732. The van der Waals surface area contributed by atoms with Gasteiger partial charge in [0.25, 0.3) is 10.0 Å². The molecule has 0 unspecified atom stereocenters. The molecule has 1 aromatic heterocycles. The van der Waals surface area contributed by atoms with E-state index in [-0.39, 0.29) is 10.6 Å². The van der Waals surface area contributed by atoms with Crippen molar-refractivity contribution in [3.05, 3.63) is 88.8 Å². The van der Waals surface area contributed by atoms with E-state index in [1.807, 2.05) is 42.5 Å². The molecular formula is C20H17N3O3S2. The van der Waals surface area contributed by atoms with Gasteiger partial charge in [-0.25, -0.2) is 13.2 Å². The van der Waals surface area contributed by atoms with E-state index in [1.54, 1.807) is 30.0 Å². The number of anilines is 1. The highest BCUT2D eigenvalue weighted by molar-refractivity contribution is 7.98. The average Bonchev–Trinajstić information content (AvgIpc) is 3.07. The van der Waals surface area contributed by atoms with Crippen LogP contribution in [-0.4, -0.2) is 18.4 Å². The fourth-order valence-electron chi connectivity index (χ4n) is 2.79. The second-order valence-corrected chi connectivity index (χ2v) is 8.86. The van der Waals surface area contributed by atoms with Crippen LogP contribution in [0, 0.1) is 0 Å². The van der Waals surface area contributed by atoms with E-state index in [4.69, 9.17) is 0 Å². The summed E-state index contributed by atoms with van der Waals surface area (Å²) in [6.07, 6.45) is 0. The molecule has 1 heterocycles. The number of rotatable bonds is 6. The standard InChI is InChI=1S/C20H17N3O3S2/c24-20-21-16-11-10-15(12-18(16)22-20)28(25,26)23-17-8-4-5-9-19(17)27-13-14-6-2-1-3-7-14/h1-12,23H,13H2,(H2,21,22,24). The van der Waals surface area contributed by atoms with Gasteiger partial charge in [-0.1, -0.05) is 42.5 Å². The van der Waals surface area contributed by atoms with Crippen LogP contribution in [-0.2, 0) is 15.8 Å². The molecule has 0 bridgehead atoms. The number of benzene rings is 3. The molecule has 28 heavy (non-hydrogen) atoms. The Bertz CT molecular complexity index is 1280. The highest BCUT2D eigenvalue weighted by Gasteiger charge is 2.17. The van der Waals surface area contributed by atoms with E-state index in [0.717, 1.165) is 16.2 Å². The van der Waals surface area contributed by atoms with Gasteiger partial charge in [0, 0.05) is 10.6 Å². The van der Waals surface area contributed by atoms with Crippen LogP contribution in [0.5, 0.6) is 0 Å². The second-order valence-electron chi connectivity index (χ2n) is 6.16. The molecule has 0 saturated carbocycles. The lowest BCUT2D eigenvalue weighted by Crippen LogP contribution is -2.13. The average molecular weight is 412 g/mol. The van der Waals surface area contributed by atoms with Crippen molar-refractivity contribution in [1.29, 1.82) is 0 Å². The van der Waals surface area contributed by atoms with Gasteiger partial charge < -0.3 is 9.97 Å². The van der Waals surface area contributed by atoms with Crippen molar-refractivity contribution in [2.24, 2.45) is 0 Å². The van der Waals surface area contributed by atoms with Crippen molar-refractivity contribution in [1.82, 2.24) is 9.97 Å². The monoisotopic (exact) mass is 411 g/mol. The summed E-state index contributed by atoms with van der Waals surface area (Å²) in [5, 5.41) is 0. The lowest BCUT2D eigenvalue weighted by Gasteiger charge is -2.12. The fourth-order valence-corrected chi connectivity index (χ4v) is 4.93. The van der Waals surface area contributed by atoms with Gasteiger partial charge in [0.05, 0.1) is 21.6 Å². The topological polar surface area (TPSA) is 94.8 Å². The summed E-state index contributed by atoms with van der Waals surface area (Å²) in [5.41, 5.74) is 2.31. The highest BCUT2D eigenvalue weighted by atomic mass is 32.2. The molecule has 142 valence electrons. The first kappa shape index (κ1) is 18.4. The Kier molecular flexibility index (Phi) is 4.97. The van der Waals surface area contributed by atoms with Gasteiger partial charge in [-0.3, -0.25) is 4.72 Å². The van der Waals surface area contributed by atoms with Crippen molar-refractivity contribution in [3.8, 4) is 0 Å². The molecule has 6 nitrogen and oxygen atoms in total. The number of sulfonamides is 1. The van der Waals surface area contributed by atoms with Gasteiger partial charge in [0.2, 0.25) is 0 Å². The third-order valence-electron chi connectivity index (χ3n) is 4.17. The number of nitrogens with one attached hydrogen (secondary N) is 3. The Morgan fingerprint density at radius 2 is 1.57 bits per heavy atom. The molecule has 0 saturated heterocycles. The minimum absolute atomic E-state index is 0.0816. The first-order valence-electron chi connectivity index (χ1n) is 8.52. The molecule has 3 N–H and O–H groups in total. The van der Waals surface area contributed by atoms with Gasteiger partial charge in [0.1, 0.15) is 0 Å². The number of imidazole rings is 1. The third kappa shape index (κ3) is 3.97. The van der Waals surface area contributed by atoms with Crippen molar-refractivity contribution in [2.75, 3.05) is 4.72 Å². The summed E-state index contributed by atoms with van der Waals surface area (Å²) in [4.78, 5) is 17.5. The molecule has 4 rings (SSSR count). The predicted octanol–water partition coefficient (Wildman–Crippen LogP) is 3.95. The Morgan fingerprint density at radius 3 is 2.39 bits per heavy atom. The number of hydrogen-bond acceptors (Lipinski definition) is 4. The van der Waals surface area contributed by atoms with Crippen LogP contribution in [0.3, 0.4) is 0 Å². The number of aromatic amines is 2. The van der Waals surface area contributed by atoms with Crippen LogP contribution < -0.4 is 10.4 Å². The maximum atomic E-state index is 12.9. The Balaban J connectivity index is 1.59. The molecule has 0 spiro atoms. The molecule has 8 heteroatoms. The smallest absolute Gasteiger partial charge is 0.306 e. The summed E-state index contributed by atoms with van der Waals surface area (Å²) < 4.78 is 28.4. The highest BCUT2D eigenvalue weighted by Crippen LogP contribution is 2.31. The molecule has 0 radical (unpaired) electrons. The maximum Gasteiger partial charge on any atom is 0.323 e. The third-order valence-corrected chi connectivity index (χ3v) is 6.67. The number of aromatic nitrogens is 2. The quantitative estimate of drug-likeness (QED) is 0.419. The van der Waals surface area contributed by atoms with Crippen LogP contribution in [0.15, 0.2) is 87.4 Å². The summed E-state index contributed by atoms with van der Waals surface area (Å²) in [6.45, 7) is 0. The molecule has 0 aliphatic rings. The zero-order valence-electron chi connectivity index (χ0n) is 14.7. The molecule has 4 aromatic rings. The van der Waals surface area contributed by atoms with Crippen LogP contribution in [0.2, 0.25) is 0 Å². The molecule has 0 fully saturated rings. The normalized spacial score (nSPS) is 11.6. The summed E-state index contributed by atoms with van der Waals surface area (Å²) in [7, 11) is -3.80. The first-order valence-corrected chi connectivity index (χ1v) is 11.0.